The molecule has 1 aliphatic heterocycles. The zero-order valence-corrected chi connectivity index (χ0v) is 20.6. The van der Waals surface area contributed by atoms with Crippen molar-refractivity contribution in [1.82, 2.24) is 14.9 Å². The van der Waals surface area contributed by atoms with Crippen molar-refractivity contribution in [3.63, 3.8) is 0 Å². The van der Waals surface area contributed by atoms with E-state index in [4.69, 9.17) is 12.2 Å². The first-order chi connectivity index (χ1) is 16.4. The summed E-state index contributed by atoms with van der Waals surface area (Å²) in [6.45, 7) is 8.60. The molecule has 1 aliphatic rings. The molecule has 0 spiro atoms. The average molecular weight is 469 g/mol. The van der Waals surface area contributed by atoms with Gasteiger partial charge in [0.25, 0.3) is 0 Å². The summed E-state index contributed by atoms with van der Waals surface area (Å²) in [7, 11) is 0. The molecule has 2 aromatic carbocycles. The van der Waals surface area contributed by atoms with Crippen molar-refractivity contribution in [2.24, 2.45) is 0 Å². The Morgan fingerprint density at radius 2 is 1.65 bits per heavy atom. The molecule has 0 saturated carbocycles. The van der Waals surface area contributed by atoms with E-state index in [-0.39, 0.29) is 17.8 Å². The van der Waals surface area contributed by atoms with Crippen LogP contribution in [0.15, 0.2) is 72.9 Å². The number of nitrogens with one attached hydrogen (secondary N) is 1. The van der Waals surface area contributed by atoms with E-state index in [0.717, 1.165) is 22.6 Å². The summed E-state index contributed by atoms with van der Waals surface area (Å²) < 4.78 is 2.32. The number of anilines is 1. The second kappa shape index (κ2) is 8.61. The Kier molecular flexibility index (Phi) is 5.62. The van der Waals surface area contributed by atoms with Crippen molar-refractivity contribution in [2.45, 2.75) is 39.8 Å². The van der Waals surface area contributed by atoms with Gasteiger partial charge in [-0.15, -0.1) is 0 Å². The predicted octanol–water partition coefficient (Wildman–Crippen LogP) is 5.99. The Labute approximate surface area is 205 Å². The van der Waals surface area contributed by atoms with Gasteiger partial charge in [0.2, 0.25) is 0 Å². The molecular weight excluding hydrogens is 440 g/mol. The van der Waals surface area contributed by atoms with E-state index in [2.05, 4.69) is 66.8 Å². The monoisotopic (exact) mass is 468 g/mol. The fourth-order valence-electron chi connectivity index (χ4n) is 5.03. The number of phenolic OH excluding ortho intramolecular Hbond substituents is 1. The summed E-state index contributed by atoms with van der Waals surface area (Å²) in [5, 5.41) is 14.8. The lowest BCUT2D eigenvalue weighted by Crippen LogP contribution is -2.29. The van der Waals surface area contributed by atoms with Crippen molar-refractivity contribution in [3.8, 4) is 11.4 Å². The lowest BCUT2D eigenvalue weighted by molar-refractivity contribution is 0.472. The van der Waals surface area contributed by atoms with E-state index >= 15 is 0 Å². The maximum absolute atomic E-state index is 10.7. The third kappa shape index (κ3) is 3.55. The first-order valence-corrected chi connectivity index (χ1v) is 11.8. The van der Waals surface area contributed by atoms with Gasteiger partial charge in [-0.25, -0.2) is 0 Å². The molecule has 4 aromatic rings. The first-order valence-electron chi connectivity index (χ1n) is 11.4. The minimum absolute atomic E-state index is 0.166. The quantitative estimate of drug-likeness (QED) is 0.361. The highest BCUT2D eigenvalue weighted by atomic mass is 32.1. The van der Waals surface area contributed by atoms with Gasteiger partial charge in [-0.3, -0.25) is 4.98 Å². The van der Waals surface area contributed by atoms with Gasteiger partial charge >= 0.3 is 0 Å². The van der Waals surface area contributed by atoms with Gasteiger partial charge in [-0.05, 0) is 93.0 Å². The minimum Gasteiger partial charge on any atom is -0.506 e. The summed E-state index contributed by atoms with van der Waals surface area (Å²) in [6, 6.07) is 21.6. The van der Waals surface area contributed by atoms with Crippen molar-refractivity contribution < 1.29 is 5.11 Å². The molecule has 2 atom stereocenters. The Bertz CT molecular complexity index is 1380. The number of para-hydroxylation sites is 2. The summed E-state index contributed by atoms with van der Waals surface area (Å²) in [5.74, 6) is 0.196. The van der Waals surface area contributed by atoms with Gasteiger partial charge in [0.1, 0.15) is 5.75 Å². The van der Waals surface area contributed by atoms with Crippen LogP contribution in [0.1, 0.15) is 45.9 Å². The van der Waals surface area contributed by atoms with Crippen LogP contribution >= 0.6 is 12.2 Å². The number of hydrogen-bond acceptors (Lipinski definition) is 3. The van der Waals surface area contributed by atoms with E-state index in [9.17, 15) is 5.11 Å². The molecule has 0 aliphatic carbocycles. The van der Waals surface area contributed by atoms with E-state index in [1.807, 2.05) is 41.3 Å². The molecule has 5 rings (SSSR count). The number of rotatable bonds is 4. The fraction of sp³-hybridized carbons (Fsp3) is 0.214. The molecule has 34 heavy (non-hydrogen) atoms. The van der Waals surface area contributed by atoms with Crippen LogP contribution in [-0.4, -0.2) is 19.8 Å². The van der Waals surface area contributed by atoms with Crippen LogP contribution in [-0.2, 0) is 0 Å². The lowest BCUT2D eigenvalue weighted by atomic mass is 9.96. The van der Waals surface area contributed by atoms with Gasteiger partial charge in [0.05, 0.1) is 23.5 Å². The summed E-state index contributed by atoms with van der Waals surface area (Å²) in [6.07, 6.45) is 1.80. The number of hydrogen-bond donors (Lipinski definition) is 2. The first kappa shape index (κ1) is 22.2. The molecule has 3 heterocycles. The minimum atomic E-state index is -0.180. The van der Waals surface area contributed by atoms with Gasteiger partial charge in [0, 0.05) is 23.3 Å². The van der Waals surface area contributed by atoms with Gasteiger partial charge in [-0.2, -0.15) is 0 Å². The van der Waals surface area contributed by atoms with Gasteiger partial charge in [-0.1, -0.05) is 30.3 Å². The van der Waals surface area contributed by atoms with Crippen molar-refractivity contribution >= 4 is 23.0 Å². The standard InChI is InChI=1S/C28H28N4OS/c1-17-10-9-13-23(19(17)3)31-18(2)16-21(20(31)4)27-26(22-11-7-8-15-29-22)30-28(34)32(27)24-12-5-6-14-25(24)33/h5-16,26-27,33H,1-4H3,(H,30,34)/t26-,27-/m1/s1. The predicted molar refractivity (Wildman–Crippen MR) is 141 cm³/mol. The normalized spacial score (nSPS) is 17.8. The molecule has 172 valence electrons. The SMILES string of the molecule is Cc1cccc(-n2c(C)cc([C@@H]3[C@@H](c4ccccn4)NC(=S)N3c3ccccc3O)c2C)c1C. The maximum Gasteiger partial charge on any atom is 0.174 e. The number of nitrogens with zero attached hydrogens (tertiary/aromatic N) is 3. The topological polar surface area (TPSA) is 53.3 Å². The fourth-order valence-corrected chi connectivity index (χ4v) is 5.37. The Hall–Kier alpha value is -3.64. The van der Waals surface area contributed by atoms with Crippen LogP contribution in [0.3, 0.4) is 0 Å². The van der Waals surface area contributed by atoms with Gasteiger partial charge in [0.15, 0.2) is 5.11 Å². The summed E-state index contributed by atoms with van der Waals surface area (Å²) >= 11 is 5.82. The molecule has 2 aromatic heterocycles. The zero-order chi connectivity index (χ0) is 24.0. The molecule has 5 nitrogen and oxygen atoms in total. The molecule has 6 heteroatoms. The van der Waals surface area contributed by atoms with Gasteiger partial charge < -0.3 is 19.9 Å². The number of aryl methyl sites for hydroxylation is 2. The number of benzene rings is 2. The number of thiocarbonyl (C=S) groups is 1. The second-order valence-electron chi connectivity index (χ2n) is 8.87. The third-order valence-corrected chi connectivity index (χ3v) is 7.16. The highest BCUT2D eigenvalue weighted by Crippen LogP contribution is 2.45. The largest absolute Gasteiger partial charge is 0.506 e. The molecule has 0 bridgehead atoms. The molecule has 1 fully saturated rings. The second-order valence-corrected chi connectivity index (χ2v) is 9.25. The molecule has 0 unspecified atom stereocenters. The molecule has 0 amide bonds. The van der Waals surface area contributed by atoms with Crippen molar-refractivity contribution in [1.29, 1.82) is 0 Å². The number of phenols is 1. The molecule has 0 radical (unpaired) electrons. The highest BCUT2D eigenvalue weighted by molar-refractivity contribution is 7.80. The third-order valence-electron chi connectivity index (χ3n) is 6.85. The Morgan fingerprint density at radius 3 is 2.38 bits per heavy atom. The van der Waals surface area contributed by atoms with Crippen LogP contribution in [0.2, 0.25) is 0 Å². The van der Waals surface area contributed by atoms with Crippen LogP contribution in [0.4, 0.5) is 5.69 Å². The Balaban J connectivity index is 1.72. The summed E-state index contributed by atoms with van der Waals surface area (Å²) in [4.78, 5) is 6.67. The smallest absolute Gasteiger partial charge is 0.174 e. The van der Waals surface area contributed by atoms with Crippen LogP contribution in [0, 0.1) is 27.7 Å². The highest BCUT2D eigenvalue weighted by Gasteiger charge is 2.43. The molecule has 1 saturated heterocycles. The van der Waals surface area contributed by atoms with Crippen molar-refractivity contribution in [2.75, 3.05) is 4.90 Å². The lowest BCUT2D eigenvalue weighted by Gasteiger charge is -2.28. The van der Waals surface area contributed by atoms with E-state index < -0.39 is 0 Å². The maximum atomic E-state index is 10.7. The van der Waals surface area contributed by atoms with Crippen LogP contribution < -0.4 is 10.2 Å². The van der Waals surface area contributed by atoms with Crippen molar-refractivity contribution in [3.05, 3.63) is 107 Å². The van der Waals surface area contributed by atoms with E-state index in [1.165, 1.54) is 16.8 Å². The zero-order valence-electron chi connectivity index (χ0n) is 19.8. The van der Waals surface area contributed by atoms with E-state index in [1.54, 1.807) is 12.3 Å². The Morgan fingerprint density at radius 1 is 0.912 bits per heavy atom. The van der Waals surface area contributed by atoms with Crippen LogP contribution in [0.5, 0.6) is 5.75 Å². The van der Waals surface area contributed by atoms with E-state index in [0.29, 0.717) is 10.8 Å². The number of aromatic hydroxyl groups is 1. The van der Waals surface area contributed by atoms with Crippen LogP contribution in [0.25, 0.3) is 5.69 Å². The summed E-state index contributed by atoms with van der Waals surface area (Å²) in [5.41, 5.74) is 8.72. The molecular formula is C28H28N4OS. The number of aromatic nitrogens is 2. The number of pyridine rings is 1. The molecule has 2 N–H and O–H groups in total. The average Bonchev–Trinajstić information content (AvgIpc) is 3.32.